The van der Waals surface area contributed by atoms with Crippen LogP contribution in [0.3, 0.4) is 0 Å². The van der Waals surface area contributed by atoms with Crippen LogP contribution in [-0.4, -0.2) is 19.1 Å². The number of fused-ring (bicyclic) bond motifs is 1. The normalized spacial score (nSPS) is 11.4. The number of benzene rings is 2. The first-order valence-electron chi connectivity index (χ1n) is 5.90. The van der Waals surface area contributed by atoms with E-state index in [1.165, 1.54) is 10.8 Å². The Morgan fingerprint density at radius 2 is 1.75 bits per heavy atom. The second-order valence-electron chi connectivity index (χ2n) is 4.38. The van der Waals surface area contributed by atoms with Gasteiger partial charge in [0.15, 0.2) is 5.13 Å². The smallest absolute Gasteiger partial charge is 0.222 e. The van der Waals surface area contributed by atoms with Crippen LogP contribution in [0.4, 0.5) is 10.8 Å². The van der Waals surface area contributed by atoms with Crippen molar-refractivity contribution in [2.24, 2.45) is 4.99 Å². The van der Waals surface area contributed by atoms with Gasteiger partial charge in [0, 0.05) is 14.1 Å². The number of halogens is 1. The van der Waals surface area contributed by atoms with Crippen molar-refractivity contribution in [2.45, 2.75) is 0 Å². The van der Waals surface area contributed by atoms with Crippen molar-refractivity contribution in [3.8, 4) is 0 Å². The third-order valence-electron chi connectivity index (χ3n) is 2.72. The van der Waals surface area contributed by atoms with Gasteiger partial charge in [-0.1, -0.05) is 30.3 Å². The zero-order chi connectivity index (χ0) is 13.2. The van der Waals surface area contributed by atoms with Crippen molar-refractivity contribution >= 4 is 54.7 Å². The van der Waals surface area contributed by atoms with Gasteiger partial charge in [-0.2, -0.15) is 4.98 Å². The highest BCUT2D eigenvalue weighted by Crippen LogP contribution is 2.21. The Morgan fingerprint density at radius 3 is 2.45 bits per heavy atom. The Hall–Kier alpha value is -1.43. The lowest BCUT2D eigenvalue weighted by Crippen LogP contribution is -2.10. The third-order valence-corrected chi connectivity index (χ3v) is 4.89. The van der Waals surface area contributed by atoms with Crippen molar-refractivity contribution in [3.63, 3.8) is 0 Å². The van der Waals surface area contributed by atoms with Crippen LogP contribution in [0.1, 0.15) is 0 Å². The molecule has 0 aliphatic heterocycles. The maximum Gasteiger partial charge on any atom is 0.222 e. The molecule has 0 bridgehead atoms. The predicted octanol–water partition coefficient (Wildman–Crippen LogP) is 4.08. The molecule has 0 amide bonds. The zero-order valence-corrected chi connectivity index (χ0v) is 13.6. The van der Waals surface area contributed by atoms with Gasteiger partial charge < -0.3 is 4.90 Å². The largest absolute Gasteiger partial charge is 0.353 e. The van der Waals surface area contributed by atoms with E-state index in [4.69, 9.17) is 0 Å². The molecule has 20 heavy (non-hydrogen) atoms. The first kappa shape index (κ1) is 15.0. The van der Waals surface area contributed by atoms with E-state index in [0.717, 1.165) is 15.6 Å². The molecule has 2 aromatic carbocycles. The lowest BCUT2D eigenvalue weighted by Gasteiger charge is -2.03. The van der Waals surface area contributed by atoms with Gasteiger partial charge in [-0.3, -0.25) is 0 Å². The van der Waals surface area contributed by atoms with E-state index in [0.29, 0.717) is 0 Å². The molecule has 0 unspecified atom stereocenters. The maximum absolute atomic E-state index is 4.59. The molecule has 3 aromatic rings. The van der Waals surface area contributed by atoms with Crippen molar-refractivity contribution in [2.75, 3.05) is 19.0 Å². The zero-order valence-electron chi connectivity index (χ0n) is 11.1. The first-order chi connectivity index (χ1) is 9.22. The van der Waals surface area contributed by atoms with Gasteiger partial charge in [0.25, 0.3) is 0 Å². The summed E-state index contributed by atoms with van der Waals surface area (Å²) in [5, 5.41) is 3.43. The number of nitrogens with zero attached hydrogens (tertiary/aromatic N) is 3. The molecule has 3 rings (SSSR count). The Balaban J connectivity index is 0.00000147. The fourth-order valence-corrected chi connectivity index (χ4v) is 3.74. The van der Waals surface area contributed by atoms with Gasteiger partial charge in [0.05, 0.1) is 5.69 Å². The molecule has 6 heteroatoms. The van der Waals surface area contributed by atoms with Crippen LogP contribution in [-0.2, 0) is 0 Å². The fraction of sp³-hybridized carbons (Fsp3) is 0.143. The standard InChI is InChI=1S/C14H13N3S2.ClH/c1-17(2)14-16-13(18-19-14)15-12-8-7-10-5-3-4-6-11(10)9-12;/h3-9H,1-2H3;1H. The second-order valence-corrected chi connectivity index (χ2v) is 6.44. The van der Waals surface area contributed by atoms with Gasteiger partial charge in [-0.15, -0.1) is 12.4 Å². The van der Waals surface area contributed by atoms with Crippen molar-refractivity contribution < 1.29 is 0 Å². The highest BCUT2D eigenvalue weighted by atomic mass is 35.5. The van der Waals surface area contributed by atoms with Crippen molar-refractivity contribution in [1.29, 1.82) is 0 Å². The van der Waals surface area contributed by atoms with Crippen LogP contribution in [0.2, 0.25) is 0 Å². The molecule has 0 saturated heterocycles. The molecule has 0 spiro atoms. The molecule has 0 fully saturated rings. The van der Waals surface area contributed by atoms with Gasteiger partial charge in [-0.25, -0.2) is 4.99 Å². The molecule has 0 N–H and O–H groups in total. The molecule has 0 saturated carbocycles. The summed E-state index contributed by atoms with van der Waals surface area (Å²) < 4.78 is 0. The highest BCUT2D eigenvalue weighted by molar-refractivity contribution is 7.69. The highest BCUT2D eigenvalue weighted by Gasteiger charge is 2.00. The molecule has 104 valence electrons. The molecule has 1 aromatic heterocycles. The summed E-state index contributed by atoms with van der Waals surface area (Å²) in [7, 11) is 7.23. The van der Waals surface area contributed by atoms with Gasteiger partial charge >= 0.3 is 0 Å². The van der Waals surface area contributed by atoms with E-state index in [1.807, 2.05) is 37.2 Å². The molecule has 1 heterocycles. The fourth-order valence-electron chi connectivity index (χ4n) is 1.77. The molecular weight excluding hydrogens is 310 g/mol. The van der Waals surface area contributed by atoms with Crippen LogP contribution >= 0.6 is 33.1 Å². The summed E-state index contributed by atoms with van der Waals surface area (Å²) in [5.41, 5.74) is 0.950. The number of hydrogen-bond acceptors (Lipinski definition) is 5. The summed E-state index contributed by atoms with van der Waals surface area (Å²) in [6, 6.07) is 14.5. The van der Waals surface area contributed by atoms with Crippen molar-refractivity contribution in [3.05, 3.63) is 47.3 Å². The number of hydrogen-bond donors (Lipinski definition) is 0. The number of anilines is 1. The summed E-state index contributed by atoms with van der Waals surface area (Å²) in [5.74, 6) is 0. The molecule has 0 radical (unpaired) electrons. The van der Waals surface area contributed by atoms with Crippen molar-refractivity contribution in [1.82, 2.24) is 4.98 Å². The van der Waals surface area contributed by atoms with Gasteiger partial charge in [-0.05, 0) is 43.6 Å². The minimum Gasteiger partial charge on any atom is -0.353 e. The van der Waals surface area contributed by atoms with E-state index in [1.54, 1.807) is 20.7 Å². The minimum atomic E-state index is 0. The molecule has 0 aliphatic carbocycles. The molecular formula is C14H14ClN3S2. The van der Waals surface area contributed by atoms with Crippen LogP contribution in [0.15, 0.2) is 47.5 Å². The Kier molecular flexibility index (Phi) is 4.75. The first-order valence-corrected chi connectivity index (χ1v) is 8.05. The maximum atomic E-state index is 4.59. The van der Waals surface area contributed by atoms with Crippen LogP contribution in [0.25, 0.3) is 10.8 Å². The van der Waals surface area contributed by atoms with Crippen LogP contribution in [0, 0.1) is 0 Å². The van der Waals surface area contributed by atoms with Crippen LogP contribution in [0.5, 0.6) is 0 Å². The SMILES string of the molecule is CN(C)c1nc(=Nc2ccc3ccccc3c2)ss1.Cl. The Morgan fingerprint density at radius 1 is 1.00 bits per heavy atom. The van der Waals surface area contributed by atoms with E-state index in [-0.39, 0.29) is 12.4 Å². The second kappa shape index (κ2) is 6.35. The molecule has 3 nitrogen and oxygen atoms in total. The van der Waals surface area contributed by atoms with E-state index in [2.05, 4.69) is 34.2 Å². The third kappa shape index (κ3) is 3.17. The number of aromatic nitrogens is 1. The quantitative estimate of drug-likeness (QED) is 0.665. The average Bonchev–Trinajstić information content (AvgIpc) is 2.87. The predicted molar refractivity (Wildman–Crippen MR) is 90.7 cm³/mol. The summed E-state index contributed by atoms with van der Waals surface area (Å²) in [6.45, 7) is 0. The van der Waals surface area contributed by atoms with Crippen LogP contribution < -0.4 is 9.70 Å². The Bertz CT molecular complexity index is 777. The minimum absolute atomic E-state index is 0. The van der Waals surface area contributed by atoms with E-state index < -0.39 is 0 Å². The lowest BCUT2D eigenvalue weighted by molar-refractivity contribution is 1.08. The van der Waals surface area contributed by atoms with E-state index >= 15 is 0 Å². The number of rotatable bonds is 2. The lowest BCUT2D eigenvalue weighted by atomic mass is 10.1. The Labute approximate surface area is 131 Å². The van der Waals surface area contributed by atoms with E-state index in [9.17, 15) is 0 Å². The average molecular weight is 324 g/mol. The summed E-state index contributed by atoms with van der Waals surface area (Å²) in [6.07, 6.45) is 0. The topological polar surface area (TPSA) is 28.5 Å². The summed E-state index contributed by atoms with van der Waals surface area (Å²) >= 11 is 0. The molecule has 0 atom stereocenters. The summed E-state index contributed by atoms with van der Waals surface area (Å²) in [4.78, 5) is 11.9. The van der Waals surface area contributed by atoms with Gasteiger partial charge in [0.2, 0.25) is 4.80 Å². The van der Waals surface area contributed by atoms with Gasteiger partial charge in [0.1, 0.15) is 0 Å². The monoisotopic (exact) mass is 323 g/mol. The molecule has 0 aliphatic rings.